The van der Waals surface area contributed by atoms with Crippen LogP contribution in [0.5, 0.6) is 0 Å². The number of nitrogens with two attached hydrogens (primary N) is 1. The molecule has 2 aliphatic rings. The first-order valence-corrected chi connectivity index (χ1v) is 13.0. The van der Waals surface area contributed by atoms with Crippen molar-refractivity contribution in [3.63, 3.8) is 0 Å². The van der Waals surface area contributed by atoms with Gasteiger partial charge in [0.15, 0.2) is 0 Å². The van der Waals surface area contributed by atoms with Crippen LogP contribution in [0.3, 0.4) is 0 Å². The maximum atomic E-state index is 15.1. The second-order valence-electron chi connectivity index (χ2n) is 10.8. The third-order valence-electron chi connectivity index (χ3n) is 7.85. The Bertz CT molecular complexity index is 1330. The summed E-state index contributed by atoms with van der Waals surface area (Å²) in [5.41, 5.74) is 4.92. The highest BCUT2D eigenvalue weighted by molar-refractivity contribution is 6.03. The van der Waals surface area contributed by atoms with Crippen molar-refractivity contribution in [1.29, 1.82) is 0 Å². The molecule has 0 bridgehead atoms. The van der Waals surface area contributed by atoms with E-state index < -0.39 is 40.2 Å². The van der Waals surface area contributed by atoms with Crippen LogP contribution in [0.1, 0.15) is 79.4 Å². The number of carbonyl (C=O) groups is 1. The second kappa shape index (κ2) is 10.5. The van der Waals surface area contributed by atoms with Crippen LogP contribution in [-0.2, 0) is 5.60 Å². The molecule has 2 aliphatic carbocycles. The molecule has 200 valence electrons. The number of anilines is 1. The van der Waals surface area contributed by atoms with Gasteiger partial charge in [0.1, 0.15) is 28.8 Å². The Balaban J connectivity index is 1.44. The molecule has 0 saturated heterocycles. The van der Waals surface area contributed by atoms with E-state index in [9.17, 15) is 14.3 Å². The topological polar surface area (TPSA) is 101 Å². The number of rotatable bonds is 5. The van der Waals surface area contributed by atoms with Gasteiger partial charge in [0.2, 0.25) is 0 Å². The van der Waals surface area contributed by atoms with Gasteiger partial charge in [-0.15, -0.1) is 0 Å². The molecule has 0 aliphatic heterocycles. The van der Waals surface area contributed by atoms with Gasteiger partial charge in [0.05, 0.1) is 23.0 Å². The third-order valence-corrected chi connectivity index (χ3v) is 7.85. The van der Waals surface area contributed by atoms with Crippen molar-refractivity contribution in [1.82, 2.24) is 9.97 Å². The van der Waals surface area contributed by atoms with E-state index in [4.69, 9.17) is 5.73 Å². The first kappa shape index (κ1) is 26.3. The highest BCUT2D eigenvalue weighted by Gasteiger charge is 2.35. The second-order valence-corrected chi connectivity index (χ2v) is 10.8. The number of nitrogens with zero attached hydrogens (tertiary/aromatic N) is 2. The van der Waals surface area contributed by atoms with Crippen LogP contribution in [0, 0.1) is 23.4 Å². The Morgan fingerprint density at radius 3 is 2.45 bits per heavy atom. The summed E-state index contributed by atoms with van der Waals surface area (Å²) >= 11 is 0. The summed E-state index contributed by atoms with van der Waals surface area (Å²) in [4.78, 5) is 21.3. The van der Waals surface area contributed by atoms with Gasteiger partial charge in [-0.2, -0.15) is 0 Å². The minimum absolute atomic E-state index is 0.0624. The number of amides is 1. The quantitative estimate of drug-likeness (QED) is 0.391. The lowest BCUT2D eigenvalue weighted by Gasteiger charge is -2.32. The van der Waals surface area contributed by atoms with Gasteiger partial charge >= 0.3 is 0 Å². The zero-order chi connectivity index (χ0) is 27.0. The molecule has 2 heterocycles. The summed E-state index contributed by atoms with van der Waals surface area (Å²) in [6.07, 6.45) is 8.13. The number of hydrogen-bond acceptors (Lipinski definition) is 5. The van der Waals surface area contributed by atoms with Gasteiger partial charge in [-0.05, 0) is 85.4 Å². The molecule has 38 heavy (non-hydrogen) atoms. The Morgan fingerprint density at radius 1 is 1.05 bits per heavy atom. The van der Waals surface area contributed by atoms with Crippen molar-refractivity contribution in [2.24, 2.45) is 11.7 Å². The molecule has 6 nitrogen and oxygen atoms in total. The molecule has 1 amide bonds. The third kappa shape index (κ3) is 5.17. The number of halogens is 3. The van der Waals surface area contributed by atoms with Crippen LogP contribution in [0.15, 0.2) is 42.7 Å². The number of carbonyl (C=O) groups excluding carboxylic acids is 1. The molecular weight excluding hydrogens is 493 g/mol. The normalized spacial score (nSPS) is 22.8. The van der Waals surface area contributed by atoms with Gasteiger partial charge in [0, 0.05) is 12.2 Å². The lowest BCUT2D eigenvalue weighted by molar-refractivity contribution is 0.0438. The van der Waals surface area contributed by atoms with Gasteiger partial charge in [-0.1, -0.05) is 19.8 Å². The number of hydrogen-bond donors (Lipinski definition) is 3. The minimum Gasteiger partial charge on any atom is -0.385 e. The molecule has 2 saturated carbocycles. The first-order valence-electron chi connectivity index (χ1n) is 13.0. The standard InChI is InChI=1S/C29H31F3N4O2/c1-16-10-17(12-19(33)11-16)20-6-9-34-15-25(20)36-28(37)24-5-4-21(30)27(35-24)26-22(31)13-18(14-23(26)32)29(38)7-2-3-8-29/h4-6,9,13-17,19,38H,2-3,7-8,10-12,33H2,1H3,(H,36,37)/t16-,17+,19-/m0/s1. The zero-order valence-corrected chi connectivity index (χ0v) is 21.2. The van der Waals surface area contributed by atoms with Crippen LogP contribution in [-0.4, -0.2) is 27.0 Å². The van der Waals surface area contributed by atoms with Crippen molar-refractivity contribution in [3.8, 4) is 11.3 Å². The van der Waals surface area contributed by atoms with Gasteiger partial charge in [-0.3, -0.25) is 9.78 Å². The molecule has 0 spiro atoms. The summed E-state index contributed by atoms with van der Waals surface area (Å²) in [6.45, 7) is 2.15. The maximum Gasteiger partial charge on any atom is 0.274 e. The lowest BCUT2D eigenvalue weighted by atomic mass is 9.76. The fraction of sp³-hybridized carbons (Fsp3) is 0.414. The smallest absolute Gasteiger partial charge is 0.274 e. The van der Waals surface area contributed by atoms with Crippen molar-refractivity contribution in [3.05, 3.63) is 77.0 Å². The summed E-state index contributed by atoms with van der Waals surface area (Å²) in [5, 5.41) is 13.5. The largest absolute Gasteiger partial charge is 0.385 e. The Hall–Kier alpha value is -3.30. The van der Waals surface area contributed by atoms with E-state index >= 15 is 8.78 Å². The highest BCUT2D eigenvalue weighted by Crippen LogP contribution is 2.41. The number of aliphatic hydroxyl groups is 1. The Morgan fingerprint density at radius 2 is 1.76 bits per heavy atom. The van der Waals surface area contributed by atoms with Crippen LogP contribution in [0.2, 0.25) is 0 Å². The predicted octanol–water partition coefficient (Wildman–Crippen LogP) is 5.81. The summed E-state index contributed by atoms with van der Waals surface area (Å²) in [7, 11) is 0. The van der Waals surface area contributed by atoms with E-state index in [-0.39, 0.29) is 23.2 Å². The molecule has 0 radical (unpaired) electrons. The average Bonchev–Trinajstić information content (AvgIpc) is 3.32. The van der Waals surface area contributed by atoms with Crippen LogP contribution in [0.25, 0.3) is 11.3 Å². The van der Waals surface area contributed by atoms with Gasteiger partial charge < -0.3 is 16.2 Å². The average molecular weight is 525 g/mol. The van der Waals surface area contributed by atoms with Crippen molar-refractivity contribution in [2.45, 2.75) is 69.4 Å². The van der Waals surface area contributed by atoms with Crippen LogP contribution < -0.4 is 11.1 Å². The van der Waals surface area contributed by atoms with E-state index in [1.807, 2.05) is 6.07 Å². The molecule has 9 heteroatoms. The van der Waals surface area contributed by atoms with Crippen molar-refractivity contribution < 1.29 is 23.1 Å². The molecule has 0 unspecified atom stereocenters. The number of benzene rings is 1. The molecule has 2 fully saturated rings. The van der Waals surface area contributed by atoms with Crippen molar-refractivity contribution in [2.75, 3.05) is 5.32 Å². The molecule has 4 N–H and O–H groups in total. The fourth-order valence-electron chi connectivity index (χ4n) is 6.02. The number of pyridine rings is 2. The van der Waals surface area contributed by atoms with E-state index in [1.54, 1.807) is 6.20 Å². The zero-order valence-electron chi connectivity index (χ0n) is 21.2. The number of nitrogens with one attached hydrogen (secondary N) is 1. The van der Waals surface area contributed by atoms with E-state index in [0.717, 1.165) is 61.9 Å². The summed E-state index contributed by atoms with van der Waals surface area (Å²) in [5.74, 6) is -3.17. The molecule has 2 aromatic heterocycles. The summed E-state index contributed by atoms with van der Waals surface area (Å²) in [6, 6.07) is 6.07. The van der Waals surface area contributed by atoms with Crippen LogP contribution >= 0.6 is 0 Å². The van der Waals surface area contributed by atoms with Crippen LogP contribution in [0.4, 0.5) is 18.9 Å². The van der Waals surface area contributed by atoms with E-state index in [0.29, 0.717) is 24.4 Å². The molecule has 3 aromatic rings. The monoisotopic (exact) mass is 524 g/mol. The Labute approximate surface area is 219 Å². The molecule has 1 aromatic carbocycles. The summed E-state index contributed by atoms with van der Waals surface area (Å²) < 4.78 is 45.0. The molecular formula is C29H31F3N4O2. The predicted molar refractivity (Wildman–Crippen MR) is 138 cm³/mol. The SMILES string of the molecule is C[C@@H]1C[C@H](N)C[C@H](c2ccncc2NC(=O)c2ccc(F)c(-c3c(F)cc(C4(O)CCCC4)cc3F)n2)C1. The maximum absolute atomic E-state index is 15.1. The fourth-order valence-corrected chi connectivity index (χ4v) is 6.02. The highest BCUT2D eigenvalue weighted by atomic mass is 19.1. The van der Waals surface area contributed by atoms with Gasteiger partial charge in [-0.25, -0.2) is 18.2 Å². The molecule has 5 rings (SSSR count). The Kier molecular flexibility index (Phi) is 7.24. The minimum atomic E-state index is -1.31. The first-order chi connectivity index (χ1) is 18.1. The lowest BCUT2D eigenvalue weighted by Crippen LogP contribution is -2.31. The molecule has 3 atom stereocenters. The van der Waals surface area contributed by atoms with Crippen molar-refractivity contribution >= 4 is 11.6 Å². The van der Waals surface area contributed by atoms with Gasteiger partial charge in [0.25, 0.3) is 5.91 Å². The van der Waals surface area contributed by atoms with E-state index in [2.05, 4.69) is 22.2 Å². The van der Waals surface area contributed by atoms with E-state index in [1.165, 1.54) is 6.20 Å². The number of aromatic nitrogens is 2.